The van der Waals surface area contributed by atoms with Crippen molar-refractivity contribution in [1.29, 1.82) is 0 Å². The van der Waals surface area contributed by atoms with Crippen molar-refractivity contribution in [3.8, 4) is 0 Å². The van der Waals surface area contributed by atoms with Gasteiger partial charge in [-0.1, -0.05) is 12.1 Å². The second-order valence-corrected chi connectivity index (χ2v) is 5.59. The van der Waals surface area contributed by atoms with Crippen molar-refractivity contribution in [2.45, 2.75) is 12.3 Å². The van der Waals surface area contributed by atoms with Gasteiger partial charge in [-0.3, -0.25) is 0 Å². The lowest BCUT2D eigenvalue weighted by Gasteiger charge is -2.16. The second kappa shape index (κ2) is 6.64. The van der Waals surface area contributed by atoms with E-state index in [0.717, 1.165) is 5.56 Å². The van der Waals surface area contributed by atoms with Crippen molar-refractivity contribution in [3.05, 3.63) is 69.4 Å². The number of benzene rings is 2. The summed E-state index contributed by atoms with van der Waals surface area (Å²) in [6.07, 6.45) is 0.117. The first-order valence-electron chi connectivity index (χ1n) is 5.96. The molecule has 0 fully saturated rings. The highest BCUT2D eigenvalue weighted by atomic mass is 79.9. The highest BCUT2D eigenvalue weighted by molar-refractivity contribution is 9.10. The molecule has 0 aromatic heterocycles. The minimum Gasteiger partial charge on any atom is -0.207 e. The molecule has 0 saturated heterocycles. The predicted octanol–water partition coefficient (Wildman–Crippen LogP) is 5.43. The van der Waals surface area contributed by atoms with Gasteiger partial charge in [0, 0.05) is 17.4 Å². The molecule has 0 bridgehead atoms. The SMILES string of the molecule is Fc1ccc(C(CCl)Cc2c(F)ccc(Br)c2F)cc1. The lowest BCUT2D eigenvalue weighted by Crippen LogP contribution is -2.08. The Morgan fingerprint density at radius 1 is 1.00 bits per heavy atom. The molecule has 0 spiro atoms. The van der Waals surface area contributed by atoms with Gasteiger partial charge in [0.25, 0.3) is 0 Å². The van der Waals surface area contributed by atoms with Crippen LogP contribution in [-0.4, -0.2) is 5.88 Å². The molecule has 2 aromatic carbocycles. The Balaban J connectivity index is 2.31. The molecule has 20 heavy (non-hydrogen) atoms. The maximum atomic E-state index is 13.9. The van der Waals surface area contributed by atoms with Crippen LogP contribution >= 0.6 is 27.5 Å². The summed E-state index contributed by atoms with van der Waals surface area (Å²) in [5, 5.41) is 0. The standard InChI is InChI=1S/C15H11BrClF3/c16-13-5-6-14(19)12(15(13)20)7-10(8-17)9-1-3-11(18)4-2-9/h1-6,10H,7-8H2. The molecule has 0 heterocycles. The molecule has 0 aliphatic rings. The van der Waals surface area contributed by atoms with E-state index in [1.54, 1.807) is 12.1 Å². The molecule has 0 amide bonds. The summed E-state index contributed by atoms with van der Waals surface area (Å²) >= 11 is 8.92. The molecule has 2 aromatic rings. The van der Waals surface area contributed by atoms with Crippen LogP contribution in [0, 0.1) is 17.5 Å². The summed E-state index contributed by atoms with van der Waals surface area (Å²) < 4.78 is 40.8. The number of alkyl halides is 1. The normalized spacial score (nSPS) is 12.4. The van der Waals surface area contributed by atoms with Crippen molar-refractivity contribution in [2.24, 2.45) is 0 Å². The second-order valence-electron chi connectivity index (χ2n) is 4.43. The van der Waals surface area contributed by atoms with E-state index >= 15 is 0 Å². The maximum absolute atomic E-state index is 13.9. The Morgan fingerprint density at radius 3 is 2.25 bits per heavy atom. The minimum absolute atomic E-state index is 0.0191. The third-order valence-corrected chi connectivity index (χ3v) is 4.10. The van der Waals surface area contributed by atoms with Crippen LogP contribution < -0.4 is 0 Å². The number of hydrogen-bond acceptors (Lipinski definition) is 0. The molecule has 1 unspecified atom stereocenters. The zero-order valence-corrected chi connectivity index (χ0v) is 12.7. The molecule has 0 nitrogen and oxygen atoms in total. The molecule has 5 heteroatoms. The lowest BCUT2D eigenvalue weighted by molar-refractivity contribution is 0.540. The van der Waals surface area contributed by atoms with Crippen LogP contribution in [-0.2, 0) is 6.42 Å². The number of rotatable bonds is 4. The van der Waals surface area contributed by atoms with Gasteiger partial charge in [0.2, 0.25) is 0 Å². The van der Waals surface area contributed by atoms with Gasteiger partial charge in [-0.15, -0.1) is 11.6 Å². The first-order valence-corrected chi connectivity index (χ1v) is 7.29. The Kier molecular flexibility index (Phi) is 5.11. The lowest BCUT2D eigenvalue weighted by atomic mass is 9.93. The van der Waals surface area contributed by atoms with Crippen LogP contribution in [0.1, 0.15) is 17.0 Å². The molecule has 0 N–H and O–H groups in total. The van der Waals surface area contributed by atoms with Crippen LogP contribution in [0.15, 0.2) is 40.9 Å². The van der Waals surface area contributed by atoms with Crippen molar-refractivity contribution >= 4 is 27.5 Å². The third kappa shape index (κ3) is 3.36. The first-order chi connectivity index (χ1) is 9.52. The van der Waals surface area contributed by atoms with Gasteiger partial charge in [-0.25, -0.2) is 13.2 Å². The van der Waals surface area contributed by atoms with Crippen LogP contribution in [0.25, 0.3) is 0 Å². The molecule has 0 saturated carbocycles. The summed E-state index contributed by atoms with van der Waals surface area (Å²) in [5.41, 5.74) is 0.731. The van der Waals surface area contributed by atoms with Gasteiger partial charge in [0.1, 0.15) is 17.5 Å². The summed E-state index contributed by atoms with van der Waals surface area (Å²) in [7, 11) is 0. The highest BCUT2D eigenvalue weighted by Gasteiger charge is 2.18. The fourth-order valence-corrected chi connectivity index (χ4v) is 2.66. The Morgan fingerprint density at radius 2 is 1.65 bits per heavy atom. The molecule has 0 aliphatic carbocycles. The fourth-order valence-electron chi connectivity index (χ4n) is 2.00. The zero-order chi connectivity index (χ0) is 14.7. The van der Waals surface area contributed by atoms with E-state index < -0.39 is 11.6 Å². The third-order valence-electron chi connectivity index (χ3n) is 3.12. The van der Waals surface area contributed by atoms with E-state index in [0.29, 0.717) is 0 Å². The average Bonchev–Trinajstić information content (AvgIpc) is 2.45. The molecule has 2 rings (SSSR count). The van der Waals surface area contributed by atoms with E-state index in [9.17, 15) is 13.2 Å². The van der Waals surface area contributed by atoms with Crippen molar-refractivity contribution < 1.29 is 13.2 Å². The average molecular weight is 364 g/mol. The van der Waals surface area contributed by atoms with E-state index in [4.69, 9.17) is 11.6 Å². The molecule has 0 aliphatic heterocycles. The molecular formula is C15H11BrClF3. The highest BCUT2D eigenvalue weighted by Crippen LogP contribution is 2.28. The van der Waals surface area contributed by atoms with Gasteiger partial charge < -0.3 is 0 Å². The van der Waals surface area contributed by atoms with Crippen LogP contribution in [0.5, 0.6) is 0 Å². The minimum atomic E-state index is -0.623. The fraction of sp³-hybridized carbons (Fsp3) is 0.200. The Bertz CT molecular complexity index is 599. The van der Waals surface area contributed by atoms with Crippen molar-refractivity contribution in [3.63, 3.8) is 0 Å². The molecular weight excluding hydrogens is 353 g/mol. The van der Waals surface area contributed by atoms with Gasteiger partial charge in [-0.2, -0.15) is 0 Å². The van der Waals surface area contributed by atoms with Crippen LogP contribution in [0.3, 0.4) is 0 Å². The topological polar surface area (TPSA) is 0 Å². The van der Waals surface area contributed by atoms with E-state index in [1.807, 2.05) is 0 Å². The molecule has 0 radical (unpaired) electrons. The van der Waals surface area contributed by atoms with E-state index in [2.05, 4.69) is 15.9 Å². The van der Waals surface area contributed by atoms with Gasteiger partial charge in [0.15, 0.2) is 0 Å². The van der Waals surface area contributed by atoms with Gasteiger partial charge in [-0.05, 0) is 52.2 Å². The smallest absolute Gasteiger partial charge is 0.143 e. The molecule has 106 valence electrons. The Hall–Kier alpha value is -1.00. The summed E-state index contributed by atoms with van der Waals surface area (Å²) in [4.78, 5) is 0. The van der Waals surface area contributed by atoms with Gasteiger partial charge >= 0.3 is 0 Å². The summed E-state index contributed by atoms with van der Waals surface area (Å²) in [6.45, 7) is 0. The largest absolute Gasteiger partial charge is 0.207 e. The monoisotopic (exact) mass is 362 g/mol. The van der Waals surface area contributed by atoms with Crippen molar-refractivity contribution in [1.82, 2.24) is 0 Å². The predicted molar refractivity (Wildman–Crippen MR) is 77.6 cm³/mol. The van der Waals surface area contributed by atoms with Gasteiger partial charge in [0.05, 0.1) is 4.47 Å². The molecule has 1 atom stereocenters. The summed E-state index contributed by atoms with van der Waals surface area (Å²) in [5.74, 6) is -1.68. The van der Waals surface area contributed by atoms with E-state index in [1.165, 1.54) is 24.3 Å². The van der Waals surface area contributed by atoms with Crippen molar-refractivity contribution in [2.75, 3.05) is 5.88 Å². The Labute approximate surface area is 128 Å². The first kappa shape index (κ1) is 15.4. The number of halogens is 5. The van der Waals surface area contributed by atoms with E-state index in [-0.39, 0.29) is 34.1 Å². The zero-order valence-electron chi connectivity index (χ0n) is 10.3. The van der Waals surface area contributed by atoms with Crippen LogP contribution in [0.2, 0.25) is 0 Å². The number of hydrogen-bond donors (Lipinski definition) is 0. The summed E-state index contributed by atoms with van der Waals surface area (Å²) in [6, 6.07) is 8.30. The maximum Gasteiger partial charge on any atom is 0.143 e. The van der Waals surface area contributed by atoms with Crippen LogP contribution in [0.4, 0.5) is 13.2 Å². The quantitative estimate of drug-likeness (QED) is 0.502.